The largest absolute Gasteiger partial charge is 0.457 e. The molecule has 0 aliphatic carbocycles. The normalized spacial score (nSPS) is 12.2. The van der Waals surface area contributed by atoms with Crippen molar-refractivity contribution in [1.29, 1.82) is 0 Å². The second kappa shape index (κ2) is 5.67. The minimum atomic E-state index is -0.913. The summed E-state index contributed by atoms with van der Waals surface area (Å²) in [6.07, 6.45) is -0.913. The molecular weight excluding hydrogens is 346 g/mol. The van der Waals surface area contributed by atoms with E-state index < -0.39 is 11.9 Å². The SMILES string of the molecule is C[C@@H](O)c1c(F)cccc1Oc1cccc(I)c1. The van der Waals surface area contributed by atoms with Gasteiger partial charge in [0.25, 0.3) is 0 Å². The molecule has 0 saturated heterocycles. The zero-order valence-electron chi connectivity index (χ0n) is 9.73. The van der Waals surface area contributed by atoms with E-state index in [9.17, 15) is 9.50 Å². The van der Waals surface area contributed by atoms with Gasteiger partial charge >= 0.3 is 0 Å². The van der Waals surface area contributed by atoms with Gasteiger partial charge in [-0.15, -0.1) is 0 Å². The van der Waals surface area contributed by atoms with Crippen LogP contribution in [0.25, 0.3) is 0 Å². The highest BCUT2D eigenvalue weighted by Gasteiger charge is 2.15. The molecule has 0 aliphatic heterocycles. The molecule has 2 aromatic carbocycles. The van der Waals surface area contributed by atoms with Crippen LogP contribution >= 0.6 is 22.6 Å². The fourth-order valence-corrected chi connectivity index (χ4v) is 2.18. The number of aliphatic hydroxyl groups excluding tert-OH is 1. The summed E-state index contributed by atoms with van der Waals surface area (Å²) in [5, 5.41) is 9.60. The maximum Gasteiger partial charge on any atom is 0.136 e. The summed E-state index contributed by atoms with van der Waals surface area (Å²) in [6, 6.07) is 11.9. The van der Waals surface area contributed by atoms with Crippen molar-refractivity contribution in [2.45, 2.75) is 13.0 Å². The first-order valence-corrected chi connectivity index (χ1v) is 6.55. The summed E-state index contributed by atoms with van der Waals surface area (Å²) < 4.78 is 20.3. The van der Waals surface area contributed by atoms with Crippen molar-refractivity contribution < 1.29 is 14.2 Å². The van der Waals surface area contributed by atoms with Gasteiger partial charge in [0.2, 0.25) is 0 Å². The van der Waals surface area contributed by atoms with E-state index in [2.05, 4.69) is 22.6 Å². The van der Waals surface area contributed by atoms with Crippen LogP contribution in [-0.4, -0.2) is 5.11 Å². The Bertz CT molecular complexity index is 555. The van der Waals surface area contributed by atoms with E-state index in [4.69, 9.17) is 4.74 Å². The standard InChI is InChI=1S/C14H12FIO2/c1-9(17)14-12(15)6-3-7-13(14)18-11-5-2-4-10(16)8-11/h2-9,17H,1H3/t9-/m1/s1. The van der Waals surface area contributed by atoms with E-state index in [1.807, 2.05) is 18.2 Å². The van der Waals surface area contributed by atoms with Crippen molar-refractivity contribution in [1.82, 2.24) is 0 Å². The minimum Gasteiger partial charge on any atom is -0.457 e. The number of hydrogen-bond donors (Lipinski definition) is 1. The molecule has 0 unspecified atom stereocenters. The summed E-state index contributed by atoms with van der Waals surface area (Å²) in [7, 11) is 0. The predicted molar refractivity (Wildman–Crippen MR) is 76.3 cm³/mol. The fourth-order valence-electron chi connectivity index (χ4n) is 1.67. The Morgan fingerprint density at radius 2 is 1.94 bits per heavy atom. The van der Waals surface area contributed by atoms with E-state index >= 15 is 0 Å². The highest BCUT2D eigenvalue weighted by molar-refractivity contribution is 14.1. The first kappa shape index (κ1) is 13.3. The summed E-state index contributed by atoms with van der Waals surface area (Å²) in [4.78, 5) is 0. The first-order chi connectivity index (χ1) is 8.58. The van der Waals surface area contributed by atoms with Gasteiger partial charge in [-0.05, 0) is 59.8 Å². The smallest absolute Gasteiger partial charge is 0.136 e. The summed E-state index contributed by atoms with van der Waals surface area (Å²) >= 11 is 2.17. The van der Waals surface area contributed by atoms with Crippen LogP contribution in [0.2, 0.25) is 0 Å². The highest BCUT2D eigenvalue weighted by Crippen LogP contribution is 2.31. The van der Waals surface area contributed by atoms with Crippen molar-refractivity contribution in [2.24, 2.45) is 0 Å². The molecule has 0 aromatic heterocycles. The van der Waals surface area contributed by atoms with Crippen LogP contribution in [0.5, 0.6) is 11.5 Å². The van der Waals surface area contributed by atoms with Crippen LogP contribution in [-0.2, 0) is 0 Å². The van der Waals surface area contributed by atoms with Crippen LogP contribution in [0.4, 0.5) is 4.39 Å². The van der Waals surface area contributed by atoms with E-state index in [1.165, 1.54) is 13.0 Å². The molecule has 2 rings (SSSR count). The Hall–Kier alpha value is -1.14. The fraction of sp³-hybridized carbons (Fsp3) is 0.143. The molecule has 4 heteroatoms. The summed E-state index contributed by atoms with van der Waals surface area (Å²) in [5.74, 6) is 0.495. The zero-order valence-corrected chi connectivity index (χ0v) is 11.9. The van der Waals surface area contributed by atoms with Crippen molar-refractivity contribution in [3.8, 4) is 11.5 Å². The molecule has 0 amide bonds. The van der Waals surface area contributed by atoms with Gasteiger partial charge in [0, 0.05) is 3.57 Å². The third-order valence-corrected chi connectivity index (χ3v) is 3.13. The van der Waals surface area contributed by atoms with Gasteiger partial charge in [-0.1, -0.05) is 12.1 Å². The molecule has 94 valence electrons. The Labute approximate surface area is 119 Å². The molecule has 0 saturated carbocycles. The average Bonchev–Trinajstić information content (AvgIpc) is 2.28. The highest BCUT2D eigenvalue weighted by atomic mass is 127. The van der Waals surface area contributed by atoms with Gasteiger partial charge in [-0.25, -0.2) is 4.39 Å². The van der Waals surface area contributed by atoms with Crippen molar-refractivity contribution in [3.63, 3.8) is 0 Å². The number of aliphatic hydroxyl groups is 1. The molecule has 2 aromatic rings. The molecule has 0 spiro atoms. The topological polar surface area (TPSA) is 29.5 Å². The molecular formula is C14H12FIO2. The van der Waals surface area contributed by atoms with Crippen LogP contribution < -0.4 is 4.74 Å². The van der Waals surface area contributed by atoms with E-state index in [1.54, 1.807) is 18.2 Å². The minimum absolute atomic E-state index is 0.177. The van der Waals surface area contributed by atoms with Gasteiger partial charge in [-0.2, -0.15) is 0 Å². The molecule has 18 heavy (non-hydrogen) atoms. The zero-order chi connectivity index (χ0) is 13.1. The van der Waals surface area contributed by atoms with Crippen molar-refractivity contribution >= 4 is 22.6 Å². The molecule has 0 radical (unpaired) electrons. The second-order valence-corrected chi connectivity index (χ2v) is 5.13. The van der Waals surface area contributed by atoms with Gasteiger partial charge in [0.05, 0.1) is 11.7 Å². The van der Waals surface area contributed by atoms with Gasteiger partial charge in [0.1, 0.15) is 17.3 Å². The Balaban J connectivity index is 2.37. The maximum atomic E-state index is 13.6. The number of benzene rings is 2. The van der Waals surface area contributed by atoms with E-state index in [0.29, 0.717) is 11.5 Å². The quantitative estimate of drug-likeness (QED) is 0.831. The monoisotopic (exact) mass is 358 g/mol. The Morgan fingerprint density at radius 1 is 1.22 bits per heavy atom. The molecule has 2 nitrogen and oxygen atoms in total. The number of hydrogen-bond acceptors (Lipinski definition) is 2. The molecule has 1 atom stereocenters. The lowest BCUT2D eigenvalue weighted by atomic mass is 10.1. The molecule has 1 N–H and O–H groups in total. The molecule has 0 heterocycles. The van der Waals surface area contributed by atoms with Gasteiger partial charge < -0.3 is 9.84 Å². The second-order valence-electron chi connectivity index (χ2n) is 3.89. The number of ether oxygens (including phenoxy) is 1. The van der Waals surface area contributed by atoms with Crippen LogP contribution in [0.15, 0.2) is 42.5 Å². The van der Waals surface area contributed by atoms with Crippen LogP contribution in [0.1, 0.15) is 18.6 Å². The molecule has 0 bridgehead atoms. The van der Waals surface area contributed by atoms with Crippen LogP contribution in [0, 0.1) is 9.39 Å². The van der Waals surface area contributed by atoms with Crippen LogP contribution in [0.3, 0.4) is 0 Å². The number of rotatable bonds is 3. The van der Waals surface area contributed by atoms with Gasteiger partial charge in [-0.3, -0.25) is 0 Å². The first-order valence-electron chi connectivity index (χ1n) is 5.48. The third-order valence-electron chi connectivity index (χ3n) is 2.45. The molecule has 0 aliphatic rings. The van der Waals surface area contributed by atoms with E-state index in [-0.39, 0.29) is 5.56 Å². The summed E-state index contributed by atoms with van der Waals surface area (Å²) in [5.41, 5.74) is 0.177. The van der Waals surface area contributed by atoms with E-state index in [0.717, 1.165) is 3.57 Å². The number of halogens is 2. The Morgan fingerprint density at radius 3 is 2.61 bits per heavy atom. The summed E-state index contributed by atoms with van der Waals surface area (Å²) in [6.45, 7) is 1.51. The van der Waals surface area contributed by atoms with Gasteiger partial charge in [0.15, 0.2) is 0 Å². The third kappa shape index (κ3) is 3.00. The lowest BCUT2D eigenvalue weighted by molar-refractivity contribution is 0.190. The lowest BCUT2D eigenvalue weighted by Gasteiger charge is -2.14. The maximum absolute atomic E-state index is 13.6. The predicted octanol–water partition coefficient (Wildman–Crippen LogP) is 4.28. The average molecular weight is 358 g/mol. The van der Waals surface area contributed by atoms with Crippen molar-refractivity contribution in [2.75, 3.05) is 0 Å². The van der Waals surface area contributed by atoms with Crippen molar-refractivity contribution in [3.05, 3.63) is 57.4 Å². The Kier molecular flexibility index (Phi) is 4.19. The lowest BCUT2D eigenvalue weighted by Crippen LogP contribution is -1.99. The molecule has 0 fully saturated rings.